The summed E-state index contributed by atoms with van der Waals surface area (Å²) in [5.41, 5.74) is 2.50. The molecule has 0 aliphatic heterocycles. The minimum absolute atomic E-state index is 0.287. The normalized spacial score (nSPS) is 10.0. The molecule has 0 spiro atoms. The van der Waals surface area contributed by atoms with Crippen molar-refractivity contribution in [2.75, 3.05) is 12.4 Å². The Kier molecular flexibility index (Phi) is 4.75. The summed E-state index contributed by atoms with van der Waals surface area (Å²) in [5, 5.41) is 2.80. The Hall–Kier alpha value is -2.14. The lowest BCUT2D eigenvalue weighted by molar-refractivity contribution is 0.0600. The standard InChI is InChI=1S/C16H14BrNO3/c1-10-6-7-14(13(17)8-10)18-15(19)11-4-3-5-12(9-11)16(20)21-2/h3-9H,1-2H3,(H,18,19). The fraction of sp³-hybridized carbons (Fsp3) is 0.125. The van der Waals surface area contributed by atoms with Crippen molar-refractivity contribution in [1.82, 2.24) is 0 Å². The zero-order chi connectivity index (χ0) is 15.4. The number of benzene rings is 2. The largest absolute Gasteiger partial charge is 0.465 e. The van der Waals surface area contributed by atoms with E-state index in [0.717, 1.165) is 10.0 Å². The van der Waals surface area contributed by atoms with Gasteiger partial charge in [-0.2, -0.15) is 0 Å². The molecule has 108 valence electrons. The molecule has 0 atom stereocenters. The van der Waals surface area contributed by atoms with Gasteiger partial charge in [-0.05, 0) is 58.7 Å². The highest BCUT2D eigenvalue weighted by molar-refractivity contribution is 9.10. The Bertz CT molecular complexity index is 698. The average Bonchev–Trinajstić information content (AvgIpc) is 2.49. The molecule has 0 aliphatic rings. The van der Waals surface area contributed by atoms with Gasteiger partial charge in [0.1, 0.15) is 0 Å². The van der Waals surface area contributed by atoms with Crippen LogP contribution >= 0.6 is 15.9 Å². The van der Waals surface area contributed by atoms with Crippen molar-refractivity contribution >= 4 is 33.5 Å². The van der Waals surface area contributed by atoms with Gasteiger partial charge in [0, 0.05) is 10.0 Å². The molecule has 0 unspecified atom stereocenters. The monoisotopic (exact) mass is 347 g/mol. The Morgan fingerprint density at radius 1 is 1.10 bits per heavy atom. The van der Waals surface area contributed by atoms with E-state index in [2.05, 4.69) is 26.0 Å². The molecule has 0 aliphatic carbocycles. The first-order valence-electron chi connectivity index (χ1n) is 6.27. The first-order valence-corrected chi connectivity index (χ1v) is 7.06. The SMILES string of the molecule is COC(=O)c1cccc(C(=O)Nc2ccc(C)cc2Br)c1. The van der Waals surface area contributed by atoms with Crippen LogP contribution in [0.15, 0.2) is 46.9 Å². The summed E-state index contributed by atoms with van der Waals surface area (Å²) in [5.74, 6) is -0.758. The maximum Gasteiger partial charge on any atom is 0.337 e. The average molecular weight is 348 g/mol. The molecule has 4 nitrogen and oxygen atoms in total. The molecule has 0 saturated heterocycles. The van der Waals surface area contributed by atoms with E-state index in [4.69, 9.17) is 0 Å². The lowest BCUT2D eigenvalue weighted by Gasteiger charge is -2.09. The predicted octanol–water partition coefficient (Wildman–Crippen LogP) is 3.80. The number of ether oxygens (including phenoxy) is 1. The van der Waals surface area contributed by atoms with Crippen LogP contribution in [0.3, 0.4) is 0 Å². The number of carbonyl (C=O) groups excluding carboxylic acids is 2. The van der Waals surface area contributed by atoms with Crippen molar-refractivity contribution in [3.8, 4) is 0 Å². The van der Waals surface area contributed by atoms with Crippen molar-refractivity contribution in [3.63, 3.8) is 0 Å². The molecular formula is C16H14BrNO3. The minimum atomic E-state index is -0.471. The van der Waals surface area contributed by atoms with E-state index in [1.54, 1.807) is 18.2 Å². The van der Waals surface area contributed by atoms with Crippen molar-refractivity contribution < 1.29 is 14.3 Å². The molecule has 0 aromatic heterocycles. The molecule has 2 rings (SSSR count). The number of esters is 1. The van der Waals surface area contributed by atoms with Crippen LogP contribution in [0.1, 0.15) is 26.3 Å². The number of hydrogen-bond acceptors (Lipinski definition) is 3. The summed E-state index contributed by atoms with van der Waals surface area (Å²) in [6.07, 6.45) is 0. The Morgan fingerprint density at radius 2 is 1.81 bits per heavy atom. The highest BCUT2D eigenvalue weighted by Gasteiger charge is 2.12. The number of hydrogen-bond donors (Lipinski definition) is 1. The fourth-order valence-electron chi connectivity index (χ4n) is 1.82. The summed E-state index contributed by atoms with van der Waals surface area (Å²) in [7, 11) is 1.30. The van der Waals surface area contributed by atoms with Crippen LogP contribution in [0.25, 0.3) is 0 Å². The summed E-state index contributed by atoms with van der Waals surface area (Å²) in [6, 6.07) is 12.0. The van der Waals surface area contributed by atoms with Crippen LogP contribution in [0.2, 0.25) is 0 Å². The summed E-state index contributed by atoms with van der Waals surface area (Å²) < 4.78 is 5.45. The van der Waals surface area contributed by atoms with Gasteiger partial charge in [-0.1, -0.05) is 12.1 Å². The molecule has 21 heavy (non-hydrogen) atoms. The Balaban J connectivity index is 2.22. The zero-order valence-electron chi connectivity index (χ0n) is 11.6. The van der Waals surface area contributed by atoms with Gasteiger partial charge < -0.3 is 10.1 Å². The number of halogens is 1. The third-order valence-corrected chi connectivity index (χ3v) is 3.57. The van der Waals surface area contributed by atoms with Gasteiger partial charge in [-0.25, -0.2) is 4.79 Å². The minimum Gasteiger partial charge on any atom is -0.465 e. The summed E-state index contributed by atoms with van der Waals surface area (Å²) in [6.45, 7) is 1.97. The molecule has 0 heterocycles. The smallest absolute Gasteiger partial charge is 0.337 e. The second-order valence-electron chi connectivity index (χ2n) is 4.51. The molecular weight excluding hydrogens is 334 g/mol. The predicted molar refractivity (Wildman–Crippen MR) is 84.6 cm³/mol. The second kappa shape index (κ2) is 6.54. The van der Waals surface area contributed by atoms with Gasteiger partial charge in [-0.15, -0.1) is 0 Å². The van der Waals surface area contributed by atoms with Crippen molar-refractivity contribution in [2.24, 2.45) is 0 Å². The molecule has 0 bridgehead atoms. The van der Waals surface area contributed by atoms with E-state index in [1.807, 2.05) is 25.1 Å². The molecule has 0 fully saturated rings. The fourth-order valence-corrected chi connectivity index (χ4v) is 2.41. The number of anilines is 1. The number of nitrogens with one attached hydrogen (secondary N) is 1. The van der Waals surface area contributed by atoms with E-state index in [0.29, 0.717) is 16.8 Å². The zero-order valence-corrected chi connectivity index (χ0v) is 13.2. The molecule has 1 amide bonds. The Labute approximate surface area is 131 Å². The summed E-state index contributed by atoms with van der Waals surface area (Å²) in [4.78, 5) is 23.7. The molecule has 2 aromatic rings. The van der Waals surface area contributed by atoms with Crippen LogP contribution in [0.4, 0.5) is 5.69 Å². The van der Waals surface area contributed by atoms with Crippen LogP contribution < -0.4 is 5.32 Å². The van der Waals surface area contributed by atoms with Crippen LogP contribution in [0, 0.1) is 6.92 Å². The highest BCUT2D eigenvalue weighted by Crippen LogP contribution is 2.24. The number of methoxy groups -OCH3 is 1. The second-order valence-corrected chi connectivity index (χ2v) is 5.36. The number of aryl methyl sites for hydroxylation is 1. The third-order valence-electron chi connectivity index (χ3n) is 2.92. The van der Waals surface area contributed by atoms with E-state index >= 15 is 0 Å². The lowest BCUT2D eigenvalue weighted by Crippen LogP contribution is -2.13. The lowest BCUT2D eigenvalue weighted by atomic mass is 10.1. The van der Waals surface area contributed by atoms with Crippen molar-refractivity contribution in [3.05, 3.63) is 63.6 Å². The molecule has 0 radical (unpaired) electrons. The van der Waals surface area contributed by atoms with E-state index < -0.39 is 5.97 Å². The maximum absolute atomic E-state index is 12.2. The quantitative estimate of drug-likeness (QED) is 0.859. The van der Waals surface area contributed by atoms with Gasteiger partial charge in [-0.3, -0.25) is 4.79 Å². The van der Waals surface area contributed by atoms with Crippen LogP contribution in [-0.2, 0) is 4.74 Å². The molecule has 2 aromatic carbocycles. The van der Waals surface area contributed by atoms with Crippen molar-refractivity contribution in [1.29, 1.82) is 0 Å². The highest BCUT2D eigenvalue weighted by atomic mass is 79.9. The van der Waals surface area contributed by atoms with Gasteiger partial charge in [0.15, 0.2) is 0 Å². The van der Waals surface area contributed by atoms with Crippen LogP contribution in [0.5, 0.6) is 0 Å². The number of amides is 1. The van der Waals surface area contributed by atoms with Crippen molar-refractivity contribution in [2.45, 2.75) is 6.92 Å². The van der Waals surface area contributed by atoms with Gasteiger partial charge in [0.05, 0.1) is 18.4 Å². The van der Waals surface area contributed by atoms with Crippen LogP contribution in [-0.4, -0.2) is 19.0 Å². The third kappa shape index (κ3) is 3.70. The molecule has 1 N–H and O–H groups in total. The van der Waals surface area contributed by atoms with E-state index in [1.165, 1.54) is 13.2 Å². The van der Waals surface area contributed by atoms with Gasteiger partial charge in [0.2, 0.25) is 0 Å². The number of carbonyl (C=O) groups is 2. The van der Waals surface area contributed by atoms with Gasteiger partial charge >= 0.3 is 5.97 Å². The summed E-state index contributed by atoms with van der Waals surface area (Å²) >= 11 is 3.41. The van der Waals surface area contributed by atoms with Gasteiger partial charge in [0.25, 0.3) is 5.91 Å². The van der Waals surface area contributed by atoms with E-state index in [9.17, 15) is 9.59 Å². The van der Waals surface area contributed by atoms with E-state index in [-0.39, 0.29) is 5.91 Å². The molecule has 0 saturated carbocycles. The maximum atomic E-state index is 12.2. The topological polar surface area (TPSA) is 55.4 Å². The first kappa shape index (κ1) is 15.3. The number of rotatable bonds is 3. The Morgan fingerprint density at radius 3 is 2.48 bits per heavy atom. The molecule has 5 heteroatoms. The first-order chi connectivity index (χ1) is 10.0.